The number of nitrogens with zero attached hydrogens (tertiary/aromatic N) is 1. The summed E-state index contributed by atoms with van der Waals surface area (Å²) in [6, 6.07) is 13.9. The van der Waals surface area contributed by atoms with Crippen LogP contribution in [-0.4, -0.2) is 15.9 Å². The first-order valence-electron chi connectivity index (χ1n) is 8.93. The third kappa shape index (κ3) is 5.60. The van der Waals surface area contributed by atoms with Gasteiger partial charge in [-0.2, -0.15) is 0 Å². The largest absolute Gasteiger partial charge is 0.512 e. The van der Waals surface area contributed by atoms with Crippen molar-refractivity contribution in [3.8, 4) is 11.3 Å². The van der Waals surface area contributed by atoms with Gasteiger partial charge in [-0.3, -0.25) is 4.79 Å². The monoisotopic (exact) mass is 553 g/mol. The van der Waals surface area contributed by atoms with Gasteiger partial charge >= 0.3 is 0 Å². The third-order valence-electron chi connectivity index (χ3n) is 4.61. The Morgan fingerprint density at radius 1 is 1.00 bits per heavy atom. The van der Waals surface area contributed by atoms with Gasteiger partial charge in [0.1, 0.15) is 0 Å². The first-order valence-corrected chi connectivity index (χ1v) is 8.93. The zero-order chi connectivity index (χ0) is 20.1. The van der Waals surface area contributed by atoms with Gasteiger partial charge in [0.05, 0.1) is 5.76 Å². The molecule has 4 heteroatoms. The predicted molar refractivity (Wildman–Crippen MR) is 112 cm³/mol. The fourth-order valence-corrected chi connectivity index (χ4v) is 2.95. The Labute approximate surface area is 180 Å². The van der Waals surface area contributed by atoms with Crippen LogP contribution < -0.4 is 0 Å². The molecule has 0 saturated carbocycles. The number of benzene rings is 2. The maximum Gasteiger partial charge on any atom is 0.155 e. The van der Waals surface area contributed by atoms with Crippen LogP contribution >= 0.6 is 0 Å². The van der Waals surface area contributed by atoms with Crippen molar-refractivity contribution in [2.75, 3.05) is 0 Å². The Bertz CT molecular complexity index is 1020. The van der Waals surface area contributed by atoms with E-state index in [9.17, 15) is 4.79 Å². The molecule has 0 fully saturated rings. The van der Waals surface area contributed by atoms with Crippen molar-refractivity contribution in [3.63, 3.8) is 0 Å². The number of hydrogen-bond acceptors (Lipinski definition) is 3. The van der Waals surface area contributed by atoms with Crippen molar-refractivity contribution in [2.24, 2.45) is 0 Å². The summed E-state index contributed by atoms with van der Waals surface area (Å²) in [5, 5.41) is 10.8. The summed E-state index contributed by atoms with van der Waals surface area (Å²) in [5.74, 6) is -0.0625. The molecule has 0 unspecified atom stereocenters. The number of carbonyl (C=O) groups excluding carboxylic acids is 1. The van der Waals surface area contributed by atoms with Crippen LogP contribution in [0.2, 0.25) is 0 Å². The molecule has 1 aromatic heterocycles. The molecular formula is C24H26IrNO2-. The summed E-state index contributed by atoms with van der Waals surface area (Å²) in [4.78, 5) is 14.7. The third-order valence-corrected chi connectivity index (χ3v) is 4.61. The molecule has 28 heavy (non-hydrogen) atoms. The number of aromatic nitrogens is 1. The number of aliphatic hydroxyl groups excluding tert-OH is 1. The first kappa shape index (κ1) is 23.7. The van der Waals surface area contributed by atoms with E-state index in [4.69, 9.17) is 5.11 Å². The van der Waals surface area contributed by atoms with Crippen molar-refractivity contribution in [1.82, 2.24) is 4.98 Å². The van der Waals surface area contributed by atoms with Crippen molar-refractivity contribution in [3.05, 3.63) is 76.7 Å². The normalized spacial score (nSPS) is 10.7. The number of carbonyl (C=O) groups is 1. The molecule has 2 aromatic carbocycles. The molecule has 0 aliphatic carbocycles. The predicted octanol–water partition coefficient (Wildman–Crippen LogP) is 5.97. The topological polar surface area (TPSA) is 50.2 Å². The van der Waals surface area contributed by atoms with E-state index in [1.165, 1.54) is 52.9 Å². The maximum atomic E-state index is 10.0. The molecule has 0 saturated heterocycles. The minimum atomic E-state index is -0.125. The Kier molecular flexibility index (Phi) is 8.74. The van der Waals surface area contributed by atoms with E-state index in [1.54, 1.807) is 0 Å². The van der Waals surface area contributed by atoms with Gasteiger partial charge in [0.15, 0.2) is 5.78 Å². The van der Waals surface area contributed by atoms with Crippen molar-refractivity contribution >= 4 is 16.6 Å². The Morgan fingerprint density at radius 3 is 2.14 bits per heavy atom. The molecule has 0 atom stereocenters. The van der Waals surface area contributed by atoms with E-state index in [1.807, 2.05) is 6.20 Å². The number of ketones is 1. The van der Waals surface area contributed by atoms with Crippen LogP contribution in [0.4, 0.5) is 0 Å². The van der Waals surface area contributed by atoms with Gasteiger partial charge in [-0.1, -0.05) is 45.0 Å². The minimum Gasteiger partial charge on any atom is -0.512 e. The summed E-state index contributed by atoms with van der Waals surface area (Å²) in [6.07, 6.45) is 3.13. The smallest absolute Gasteiger partial charge is 0.155 e. The summed E-state index contributed by atoms with van der Waals surface area (Å²) < 4.78 is 0. The van der Waals surface area contributed by atoms with Crippen LogP contribution in [0.3, 0.4) is 0 Å². The van der Waals surface area contributed by atoms with Crippen LogP contribution in [0.15, 0.2) is 48.4 Å². The second-order valence-corrected chi connectivity index (χ2v) is 6.83. The molecule has 0 aliphatic rings. The number of rotatable bonds is 2. The zero-order valence-corrected chi connectivity index (χ0v) is 19.6. The molecule has 0 bridgehead atoms. The van der Waals surface area contributed by atoms with Gasteiger partial charge in [-0.15, -0.1) is 34.4 Å². The number of pyridine rings is 1. The number of allylic oxidation sites excluding steroid dienone is 2. The average Bonchev–Trinajstić information content (AvgIpc) is 2.61. The van der Waals surface area contributed by atoms with E-state index in [0.717, 1.165) is 11.3 Å². The summed E-state index contributed by atoms with van der Waals surface area (Å²) >= 11 is 0. The fourth-order valence-electron chi connectivity index (χ4n) is 2.95. The fraction of sp³-hybridized carbons (Fsp3) is 0.250. The average molecular weight is 553 g/mol. The van der Waals surface area contributed by atoms with Crippen LogP contribution in [0, 0.1) is 33.8 Å². The number of fused-ring (bicyclic) bond motifs is 1. The van der Waals surface area contributed by atoms with E-state index < -0.39 is 0 Å². The molecule has 149 valence electrons. The van der Waals surface area contributed by atoms with Gasteiger partial charge in [-0.05, 0) is 42.8 Å². The Balaban J connectivity index is 0.000000425. The first-order chi connectivity index (χ1) is 12.7. The van der Waals surface area contributed by atoms with Crippen LogP contribution in [0.5, 0.6) is 0 Å². The molecule has 0 aliphatic heterocycles. The van der Waals surface area contributed by atoms with Gasteiger partial charge in [0.25, 0.3) is 0 Å². The quantitative estimate of drug-likeness (QED) is 0.242. The molecule has 0 amide bonds. The maximum absolute atomic E-state index is 10.0. The van der Waals surface area contributed by atoms with Crippen molar-refractivity contribution in [2.45, 2.75) is 41.5 Å². The number of aliphatic hydroxyl groups is 1. The van der Waals surface area contributed by atoms with Crippen LogP contribution in [0.1, 0.15) is 36.1 Å². The Morgan fingerprint density at radius 2 is 1.61 bits per heavy atom. The summed E-state index contributed by atoms with van der Waals surface area (Å²) in [5.41, 5.74) is 7.24. The zero-order valence-electron chi connectivity index (χ0n) is 17.2. The molecule has 1 radical (unpaired) electrons. The molecule has 1 heterocycles. The van der Waals surface area contributed by atoms with E-state index in [2.05, 4.69) is 69.1 Å². The van der Waals surface area contributed by atoms with Crippen molar-refractivity contribution in [1.29, 1.82) is 0 Å². The molecule has 3 rings (SSSR count). The minimum absolute atomic E-state index is 0. The van der Waals surface area contributed by atoms with E-state index in [0.29, 0.717) is 0 Å². The van der Waals surface area contributed by atoms with Crippen LogP contribution in [0.25, 0.3) is 22.0 Å². The van der Waals surface area contributed by atoms with Crippen molar-refractivity contribution < 1.29 is 30.0 Å². The van der Waals surface area contributed by atoms with Crippen LogP contribution in [-0.2, 0) is 24.9 Å². The van der Waals surface area contributed by atoms with E-state index in [-0.39, 0.29) is 31.6 Å². The standard InChI is InChI=1S/C19H18N.C5H8O2.Ir/c1-12-9-10-17(15(4)14(12)3)19-18-8-6-5-7-16(18)13(2)11-20-19;1-4(6)3-5(2)7;/h5-9,11H,1-4H3;3,6H,1-2H3;/q-1;;/b;4-3-;. The molecule has 3 aromatic rings. The number of aryl methyl sites for hydroxylation is 2. The van der Waals surface area contributed by atoms with Gasteiger partial charge in [-0.25, -0.2) is 0 Å². The summed E-state index contributed by atoms with van der Waals surface area (Å²) in [6.45, 7) is 11.4. The molecular weight excluding hydrogens is 526 g/mol. The molecule has 3 nitrogen and oxygen atoms in total. The molecule has 1 N–H and O–H groups in total. The molecule has 0 spiro atoms. The SMILES string of the molecule is CC(=O)/C=C(/C)O.Cc1c[c-]c(-c2ncc(C)c3ccccc23)c(C)c1C.[Ir]. The second kappa shape index (κ2) is 10.3. The Hall–Kier alpha value is -2.29. The summed E-state index contributed by atoms with van der Waals surface area (Å²) in [7, 11) is 0. The van der Waals surface area contributed by atoms with Gasteiger partial charge in [0.2, 0.25) is 0 Å². The van der Waals surface area contributed by atoms with Gasteiger partial charge in [0, 0.05) is 32.4 Å². The van der Waals surface area contributed by atoms with E-state index >= 15 is 0 Å². The second-order valence-electron chi connectivity index (χ2n) is 6.83. The van der Waals surface area contributed by atoms with Gasteiger partial charge < -0.3 is 10.1 Å². The number of hydrogen-bond donors (Lipinski definition) is 1.